The Bertz CT molecular complexity index is 417. The fourth-order valence-electron chi connectivity index (χ4n) is 1.74. The maximum atomic E-state index is 12.8. The summed E-state index contributed by atoms with van der Waals surface area (Å²) in [5, 5.41) is 2.73. The van der Waals surface area contributed by atoms with Crippen LogP contribution in [0.3, 0.4) is 0 Å². The van der Waals surface area contributed by atoms with Crippen molar-refractivity contribution in [2.45, 2.75) is 12.7 Å². The number of nitrogens with zero attached hydrogens (tertiary/aromatic N) is 1. The van der Waals surface area contributed by atoms with Gasteiger partial charge in [-0.25, -0.2) is 0 Å². The molecule has 1 N–H and O–H groups in total. The quantitative estimate of drug-likeness (QED) is 0.903. The number of hydrogen-bond donors (Lipinski definition) is 1. The van der Waals surface area contributed by atoms with Gasteiger partial charge >= 0.3 is 6.18 Å². The van der Waals surface area contributed by atoms with Crippen LogP contribution in [-0.4, -0.2) is 33.2 Å². The van der Waals surface area contributed by atoms with Crippen molar-refractivity contribution in [1.82, 2.24) is 4.90 Å². The Morgan fingerprint density at radius 2 is 1.89 bits per heavy atom. The van der Waals surface area contributed by atoms with E-state index in [1.807, 2.05) is 0 Å². The lowest BCUT2D eigenvalue weighted by Crippen LogP contribution is -2.14. The summed E-state index contributed by atoms with van der Waals surface area (Å²) in [4.78, 5) is 1.79. The molecule has 1 aromatic carbocycles. The van der Waals surface area contributed by atoms with Gasteiger partial charge in [0.15, 0.2) is 0 Å². The standard InChI is InChI=1S/C12H17F3N2O/c1-16-10-6-9(12(13,14)15)5-8(7-17(2)3)11(10)18-4/h5-6,16H,7H2,1-4H3. The van der Waals surface area contributed by atoms with Crippen molar-refractivity contribution in [3.63, 3.8) is 0 Å². The zero-order valence-corrected chi connectivity index (χ0v) is 10.9. The summed E-state index contributed by atoms with van der Waals surface area (Å²) in [5.41, 5.74) is 0.162. The summed E-state index contributed by atoms with van der Waals surface area (Å²) in [6, 6.07) is 2.18. The first-order valence-corrected chi connectivity index (χ1v) is 5.40. The van der Waals surface area contributed by atoms with Crippen molar-refractivity contribution < 1.29 is 17.9 Å². The average Bonchev–Trinajstić information content (AvgIpc) is 2.25. The summed E-state index contributed by atoms with van der Waals surface area (Å²) in [5.74, 6) is 0.444. The lowest BCUT2D eigenvalue weighted by Gasteiger charge is -2.19. The third kappa shape index (κ3) is 3.29. The molecule has 1 rings (SSSR count). The first-order valence-electron chi connectivity index (χ1n) is 5.40. The van der Waals surface area contributed by atoms with Crippen LogP contribution in [0.4, 0.5) is 18.9 Å². The minimum absolute atomic E-state index is 0.337. The SMILES string of the molecule is CNc1cc(C(F)(F)F)cc(CN(C)C)c1OC. The minimum Gasteiger partial charge on any atom is -0.494 e. The maximum Gasteiger partial charge on any atom is 0.416 e. The van der Waals surface area contributed by atoms with Crippen LogP contribution in [0, 0.1) is 0 Å². The summed E-state index contributed by atoms with van der Waals surface area (Å²) in [6.45, 7) is 0.377. The topological polar surface area (TPSA) is 24.5 Å². The van der Waals surface area contributed by atoms with Gasteiger partial charge in [-0.15, -0.1) is 0 Å². The zero-order valence-electron chi connectivity index (χ0n) is 10.9. The number of nitrogens with one attached hydrogen (secondary N) is 1. The number of ether oxygens (including phenoxy) is 1. The first-order chi connectivity index (χ1) is 8.29. The Hall–Kier alpha value is -1.43. The van der Waals surface area contributed by atoms with Crippen LogP contribution < -0.4 is 10.1 Å². The molecule has 6 heteroatoms. The smallest absolute Gasteiger partial charge is 0.416 e. The first kappa shape index (κ1) is 14.6. The summed E-state index contributed by atoms with van der Waals surface area (Å²) < 4.78 is 43.5. The van der Waals surface area contributed by atoms with Crippen LogP contribution in [0.5, 0.6) is 5.75 Å². The van der Waals surface area contributed by atoms with Gasteiger partial charge in [0.1, 0.15) is 5.75 Å². The van der Waals surface area contributed by atoms with E-state index < -0.39 is 11.7 Å². The van der Waals surface area contributed by atoms with Crippen molar-refractivity contribution in [3.05, 3.63) is 23.3 Å². The summed E-state index contributed by atoms with van der Waals surface area (Å²) in [7, 11) is 6.59. The van der Waals surface area contributed by atoms with E-state index in [0.29, 0.717) is 23.5 Å². The molecule has 0 unspecified atom stereocenters. The molecule has 0 aliphatic heterocycles. The van der Waals surface area contributed by atoms with Crippen molar-refractivity contribution in [2.75, 3.05) is 33.6 Å². The van der Waals surface area contributed by atoms with Gasteiger partial charge in [-0.1, -0.05) is 0 Å². The maximum absolute atomic E-state index is 12.8. The van der Waals surface area contributed by atoms with E-state index >= 15 is 0 Å². The highest BCUT2D eigenvalue weighted by molar-refractivity contribution is 5.62. The van der Waals surface area contributed by atoms with Crippen LogP contribution in [0.15, 0.2) is 12.1 Å². The highest BCUT2D eigenvalue weighted by Gasteiger charge is 2.32. The van der Waals surface area contributed by atoms with E-state index in [4.69, 9.17) is 4.74 Å². The molecule has 0 aromatic heterocycles. The van der Waals surface area contributed by atoms with Gasteiger partial charge in [-0.3, -0.25) is 0 Å². The van der Waals surface area contributed by atoms with Crippen molar-refractivity contribution in [2.24, 2.45) is 0 Å². The van der Waals surface area contributed by atoms with Crippen LogP contribution in [0.1, 0.15) is 11.1 Å². The van der Waals surface area contributed by atoms with E-state index in [1.165, 1.54) is 7.11 Å². The Labute approximate surface area is 105 Å². The van der Waals surface area contributed by atoms with Gasteiger partial charge < -0.3 is 15.0 Å². The normalized spacial score (nSPS) is 11.8. The average molecular weight is 262 g/mol. The molecule has 0 saturated carbocycles. The number of halogens is 3. The van der Waals surface area contributed by atoms with Crippen molar-refractivity contribution in [1.29, 1.82) is 0 Å². The second kappa shape index (κ2) is 5.48. The molecule has 0 saturated heterocycles. The number of benzene rings is 1. The highest BCUT2D eigenvalue weighted by Crippen LogP contribution is 2.37. The van der Waals surface area contributed by atoms with E-state index in [-0.39, 0.29) is 0 Å². The molecule has 3 nitrogen and oxygen atoms in total. The van der Waals surface area contributed by atoms with Gasteiger partial charge in [0.2, 0.25) is 0 Å². The highest BCUT2D eigenvalue weighted by atomic mass is 19.4. The van der Waals surface area contributed by atoms with Crippen LogP contribution in [-0.2, 0) is 12.7 Å². The fraction of sp³-hybridized carbons (Fsp3) is 0.500. The molecule has 102 valence electrons. The number of alkyl halides is 3. The third-order valence-corrected chi connectivity index (χ3v) is 2.45. The van der Waals surface area contributed by atoms with Crippen LogP contribution in [0.2, 0.25) is 0 Å². The molecular weight excluding hydrogens is 245 g/mol. The van der Waals surface area contributed by atoms with Gasteiger partial charge in [-0.05, 0) is 26.2 Å². The molecule has 0 heterocycles. The largest absolute Gasteiger partial charge is 0.494 e. The Balaban J connectivity index is 3.36. The van der Waals surface area contributed by atoms with Crippen LogP contribution >= 0.6 is 0 Å². The van der Waals surface area contributed by atoms with Crippen LogP contribution in [0.25, 0.3) is 0 Å². The number of methoxy groups -OCH3 is 1. The molecule has 0 spiro atoms. The second-order valence-corrected chi connectivity index (χ2v) is 4.20. The molecule has 0 bridgehead atoms. The van der Waals surface area contributed by atoms with Gasteiger partial charge in [-0.2, -0.15) is 13.2 Å². The Morgan fingerprint density at radius 3 is 2.28 bits per heavy atom. The van der Waals surface area contributed by atoms with Crippen molar-refractivity contribution in [3.8, 4) is 5.75 Å². The third-order valence-electron chi connectivity index (χ3n) is 2.45. The summed E-state index contributed by atoms with van der Waals surface area (Å²) in [6.07, 6.45) is -4.36. The van der Waals surface area contributed by atoms with Gasteiger partial charge in [0, 0.05) is 19.2 Å². The van der Waals surface area contributed by atoms with Gasteiger partial charge in [0.05, 0.1) is 18.4 Å². The van der Waals surface area contributed by atoms with E-state index in [0.717, 1.165) is 12.1 Å². The molecule has 0 fully saturated rings. The molecule has 0 aliphatic carbocycles. The Morgan fingerprint density at radius 1 is 1.28 bits per heavy atom. The predicted octanol–water partition coefficient (Wildman–Crippen LogP) is 2.82. The lowest BCUT2D eigenvalue weighted by atomic mass is 10.1. The lowest BCUT2D eigenvalue weighted by molar-refractivity contribution is -0.137. The number of hydrogen-bond acceptors (Lipinski definition) is 3. The fourth-order valence-corrected chi connectivity index (χ4v) is 1.74. The molecule has 0 radical (unpaired) electrons. The number of anilines is 1. The monoisotopic (exact) mass is 262 g/mol. The van der Waals surface area contributed by atoms with E-state index in [9.17, 15) is 13.2 Å². The molecule has 18 heavy (non-hydrogen) atoms. The van der Waals surface area contributed by atoms with Crippen molar-refractivity contribution >= 4 is 5.69 Å². The second-order valence-electron chi connectivity index (χ2n) is 4.20. The van der Waals surface area contributed by atoms with Gasteiger partial charge in [0.25, 0.3) is 0 Å². The summed E-state index contributed by atoms with van der Waals surface area (Å²) >= 11 is 0. The van der Waals surface area contributed by atoms with E-state index in [2.05, 4.69) is 5.32 Å². The minimum atomic E-state index is -4.36. The Kier molecular flexibility index (Phi) is 4.45. The molecule has 1 aromatic rings. The zero-order chi connectivity index (χ0) is 13.9. The molecule has 0 aliphatic rings. The molecule has 0 atom stereocenters. The molecular formula is C12H17F3N2O. The number of rotatable bonds is 4. The van der Waals surface area contributed by atoms with E-state index in [1.54, 1.807) is 26.0 Å². The predicted molar refractivity (Wildman–Crippen MR) is 64.9 cm³/mol. The molecule has 0 amide bonds.